The normalized spacial score (nSPS) is 16.6. The first-order chi connectivity index (χ1) is 7.61. The first kappa shape index (κ1) is 10.8. The third kappa shape index (κ3) is 1.71. The Morgan fingerprint density at radius 1 is 0.812 bits per heavy atom. The molecule has 16 heavy (non-hydrogen) atoms. The lowest BCUT2D eigenvalue weighted by atomic mass is 10.1. The lowest BCUT2D eigenvalue weighted by molar-refractivity contribution is 0.832. The molecule has 2 nitrogen and oxygen atoms in total. The van der Waals surface area contributed by atoms with Crippen LogP contribution in [0.1, 0.15) is 27.7 Å². The first-order valence-electron chi connectivity index (χ1n) is 5.58. The van der Waals surface area contributed by atoms with Crippen LogP contribution >= 0.6 is 0 Å². The standard InChI is InChI=1S/C14H18N2/c1-10-12(3)16(13(4)11(2)15-10)14-8-6-5-7-9-14/h5-9,15H,1-4H3. The molecule has 0 saturated heterocycles. The summed E-state index contributed by atoms with van der Waals surface area (Å²) in [5.41, 5.74) is 6.17. The molecule has 2 heteroatoms. The lowest BCUT2D eigenvalue weighted by Crippen LogP contribution is -2.31. The average molecular weight is 214 g/mol. The highest BCUT2D eigenvalue weighted by atomic mass is 15.2. The van der Waals surface area contributed by atoms with E-state index in [1.807, 2.05) is 6.07 Å². The molecule has 0 saturated carbocycles. The van der Waals surface area contributed by atoms with Gasteiger partial charge in [0.15, 0.2) is 0 Å². The van der Waals surface area contributed by atoms with E-state index in [1.165, 1.54) is 28.5 Å². The zero-order valence-corrected chi connectivity index (χ0v) is 10.3. The van der Waals surface area contributed by atoms with Crippen molar-refractivity contribution < 1.29 is 0 Å². The van der Waals surface area contributed by atoms with Crippen molar-refractivity contribution in [2.45, 2.75) is 27.7 Å². The Kier molecular flexibility index (Phi) is 2.73. The molecule has 0 amide bonds. The van der Waals surface area contributed by atoms with E-state index in [0.29, 0.717) is 0 Å². The van der Waals surface area contributed by atoms with Crippen LogP contribution in [0.4, 0.5) is 5.69 Å². The van der Waals surface area contributed by atoms with Gasteiger partial charge in [0.05, 0.1) is 0 Å². The molecule has 2 rings (SSSR count). The average Bonchev–Trinajstić information content (AvgIpc) is 2.28. The fourth-order valence-corrected chi connectivity index (χ4v) is 2.01. The van der Waals surface area contributed by atoms with E-state index in [1.54, 1.807) is 0 Å². The summed E-state index contributed by atoms with van der Waals surface area (Å²) in [5.74, 6) is 0. The SMILES string of the molecule is CC1=C(C)N(c2ccccc2)C(C)=C(C)N1. The van der Waals surface area contributed by atoms with Gasteiger partial charge in [-0.15, -0.1) is 0 Å². The van der Waals surface area contributed by atoms with Crippen molar-refractivity contribution in [2.75, 3.05) is 4.90 Å². The van der Waals surface area contributed by atoms with E-state index in [-0.39, 0.29) is 0 Å². The Hall–Kier alpha value is -1.70. The van der Waals surface area contributed by atoms with Gasteiger partial charge >= 0.3 is 0 Å². The van der Waals surface area contributed by atoms with E-state index in [0.717, 1.165) is 0 Å². The Bertz CT molecular complexity index is 431. The largest absolute Gasteiger partial charge is 0.360 e. The van der Waals surface area contributed by atoms with Crippen LogP contribution < -0.4 is 10.2 Å². The molecule has 0 atom stereocenters. The minimum absolute atomic E-state index is 1.21. The van der Waals surface area contributed by atoms with Crippen LogP contribution in [0.3, 0.4) is 0 Å². The van der Waals surface area contributed by atoms with Crippen molar-refractivity contribution in [1.29, 1.82) is 0 Å². The smallest absolute Gasteiger partial charge is 0.0456 e. The molecule has 0 radical (unpaired) electrons. The number of allylic oxidation sites excluding steroid dienone is 4. The van der Waals surface area contributed by atoms with Crippen molar-refractivity contribution in [2.24, 2.45) is 0 Å². The molecular weight excluding hydrogens is 196 g/mol. The van der Waals surface area contributed by atoms with Gasteiger partial charge in [-0.05, 0) is 39.8 Å². The third-order valence-corrected chi connectivity index (χ3v) is 3.15. The van der Waals surface area contributed by atoms with E-state index in [2.05, 4.69) is 62.2 Å². The van der Waals surface area contributed by atoms with Crippen molar-refractivity contribution >= 4 is 5.69 Å². The minimum Gasteiger partial charge on any atom is -0.360 e. The maximum atomic E-state index is 3.40. The molecule has 1 aliphatic heterocycles. The highest BCUT2D eigenvalue weighted by Gasteiger charge is 2.19. The van der Waals surface area contributed by atoms with E-state index >= 15 is 0 Å². The topological polar surface area (TPSA) is 15.3 Å². The fraction of sp³-hybridized carbons (Fsp3) is 0.286. The van der Waals surface area contributed by atoms with Crippen LogP contribution in [0.15, 0.2) is 53.1 Å². The number of anilines is 1. The van der Waals surface area contributed by atoms with Gasteiger partial charge in [-0.3, -0.25) is 0 Å². The van der Waals surface area contributed by atoms with E-state index in [9.17, 15) is 0 Å². The summed E-state index contributed by atoms with van der Waals surface area (Å²) in [7, 11) is 0. The second-order valence-electron chi connectivity index (χ2n) is 4.22. The summed E-state index contributed by atoms with van der Waals surface area (Å²) in [5, 5.41) is 3.40. The summed E-state index contributed by atoms with van der Waals surface area (Å²) < 4.78 is 0. The Balaban J connectivity index is 2.49. The van der Waals surface area contributed by atoms with Gasteiger partial charge in [0.2, 0.25) is 0 Å². The minimum atomic E-state index is 1.21. The third-order valence-electron chi connectivity index (χ3n) is 3.15. The van der Waals surface area contributed by atoms with Gasteiger partial charge in [0, 0.05) is 28.5 Å². The number of nitrogens with one attached hydrogen (secondary N) is 1. The summed E-state index contributed by atoms with van der Waals surface area (Å²) in [6, 6.07) is 10.5. The quantitative estimate of drug-likeness (QED) is 0.768. The van der Waals surface area contributed by atoms with Crippen LogP contribution in [-0.4, -0.2) is 0 Å². The molecule has 1 N–H and O–H groups in total. The highest BCUT2D eigenvalue weighted by molar-refractivity contribution is 5.60. The molecule has 0 aliphatic carbocycles. The monoisotopic (exact) mass is 214 g/mol. The number of nitrogens with zero attached hydrogens (tertiary/aromatic N) is 1. The van der Waals surface area contributed by atoms with Gasteiger partial charge in [0.1, 0.15) is 0 Å². The Morgan fingerprint density at radius 3 is 1.81 bits per heavy atom. The number of hydrogen-bond acceptors (Lipinski definition) is 2. The predicted octanol–water partition coefficient (Wildman–Crippen LogP) is 3.60. The first-order valence-corrected chi connectivity index (χ1v) is 5.58. The van der Waals surface area contributed by atoms with Gasteiger partial charge in [0.25, 0.3) is 0 Å². The van der Waals surface area contributed by atoms with Crippen molar-refractivity contribution in [3.05, 3.63) is 53.1 Å². The summed E-state index contributed by atoms with van der Waals surface area (Å²) in [6.45, 7) is 8.51. The van der Waals surface area contributed by atoms with Crippen LogP contribution in [0, 0.1) is 0 Å². The van der Waals surface area contributed by atoms with Gasteiger partial charge in [-0.25, -0.2) is 0 Å². The molecule has 0 fully saturated rings. The fourth-order valence-electron chi connectivity index (χ4n) is 2.01. The number of benzene rings is 1. The highest BCUT2D eigenvalue weighted by Crippen LogP contribution is 2.29. The molecule has 84 valence electrons. The summed E-state index contributed by atoms with van der Waals surface area (Å²) >= 11 is 0. The molecule has 1 aromatic carbocycles. The molecule has 1 aromatic rings. The zero-order valence-electron chi connectivity index (χ0n) is 10.3. The molecule has 0 aromatic heterocycles. The van der Waals surface area contributed by atoms with Crippen molar-refractivity contribution in [1.82, 2.24) is 5.32 Å². The lowest BCUT2D eigenvalue weighted by Gasteiger charge is -2.33. The predicted molar refractivity (Wildman–Crippen MR) is 68.8 cm³/mol. The molecule has 1 heterocycles. The molecule has 0 bridgehead atoms. The number of rotatable bonds is 1. The van der Waals surface area contributed by atoms with Crippen LogP contribution in [0.2, 0.25) is 0 Å². The summed E-state index contributed by atoms with van der Waals surface area (Å²) in [6.07, 6.45) is 0. The van der Waals surface area contributed by atoms with E-state index in [4.69, 9.17) is 0 Å². The van der Waals surface area contributed by atoms with Gasteiger partial charge in [-0.2, -0.15) is 0 Å². The Morgan fingerprint density at radius 2 is 1.31 bits per heavy atom. The second kappa shape index (κ2) is 4.05. The number of hydrogen-bond donors (Lipinski definition) is 1. The maximum Gasteiger partial charge on any atom is 0.0456 e. The zero-order chi connectivity index (χ0) is 11.7. The molecular formula is C14H18N2. The van der Waals surface area contributed by atoms with Crippen LogP contribution in [0.25, 0.3) is 0 Å². The molecule has 0 spiro atoms. The molecule has 1 aliphatic rings. The Labute approximate surface area is 97.3 Å². The van der Waals surface area contributed by atoms with Crippen molar-refractivity contribution in [3.8, 4) is 0 Å². The number of para-hydroxylation sites is 1. The van der Waals surface area contributed by atoms with Gasteiger partial charge < -0.3 is 10.2 Å². The second-order valence-corrected chi connectivity index (χ2v) is 4.22. The van der Waals surface area contributed by atoms with Gasteiger partial charge in [-0.1, -0.05) is 18.2 Å². The van der Waals surface area contributed by atoms with Crippen molar-refractivity contribution in [3.63, 3.8) is 0 Å². The summed E-state index contributed by atoms with van der Waals surface area (Å²) in [4.78, 5) is 2.29. The molecule has 0 unspecified atom stereocenters. The maximum absolute atomic E-state index is 3.40. The van der Waals surface area contributed by atoms with E-state index < -0.39 is 0 Å². The van der Waals surface area contributed by atoms with Crippen LogP contribution in [-0.2, 0) is 0 Å². The van der Waals surface area contributed by atoms with Crippen LogP contribution in [0.5, 0.6) is 0 Å².